The number of carboxylic acid groups (broad SMARTS) is 1. The molecule has 4 nitrogen and oxygen atoms in total. The van der Waals surface area contributed by atoms with Crippen LogP contribution in [0.2, 0.25) is 0 Å². The first-order valence-corrected chi connectivity index (χ1v) is 4.60. The van der Waals surface area contributed by atoms with Crippen LogP contribution in [0, 0.1) is 11.8 Å². The van der Waals surface area contributed by atoms with E-state index < -0.39 is 5.97 Å². The van der Waals surface area contributed by atoms with E-state index in [0.29, 0.717) is 17.1 Å². The fourth-order valence-electron chi connectivity index (χ4n) is 1.18. The quantitative estimate of drug-likeness (QED) is 0.785. The molecule has 1 aromatic carbocycles. The van der Waals surface area contributed by atoms with E-state index in [1.807, 2.05) is 0 Å². The molecular weight excluding hydrogens is 208 g/mol. The molecule has 0 aliphatic heterocycles. The smallest absolute Gasteiger partial charge is 0.315 e. The lowest BCUT2D eigenvalue weighted by atomic mass is 10.1. The van der Waals surface area contributed by atoms with E-state index in [1.165, 1.54) is 14.2 Å². The summed E-state index contributed by atoms with van der Waals surface area (Å²) in [6.45, 7) is 0. The molecule has 0 saturated heterocycles. The molecule has 1 aromatic rings. The summed E-state index contributed by atoms with van der Waals surface area (Å²) in [5.41, 5.74) is 0.564. The van der Waals surface area contributed by atoms with E-state index in [4.69, 9.17) is 14.6 Å². The number of rotatable bonds is 3. The summed E-state index contributed by atoms with van der Waals surface area (Å²) >= 11 is 0. The fraction of sp³-hybridized carbons (Fsp3) is 0.250. The van der Waals surface area contributed by atoms with E-state index in [1.54, 1.807) is 18.2 Å². The summed E-state index contributed by atoms with van der Waals surface area (Å²) in [5, 5.41) is 8.48. The molecule has 0 saturated carbocycles. The van der Waals surface area contributed by atoms with Crippen LogP contribution >= 0.6 is 0 Å². The van der Waals surface area contributed by atoms with Crippen LogP contribution in [0.3, 0.4) is 0 Å². The predicted octanol–water partition coefficient (Wildman–Crippen LogP) is 1.53. The van der Waals surface area contributed by atoms with Crippen molar-refractivity contribution in [3.05, 3.63) is 23.8 Å². The standard InChI is InChI=1S/C12H12O4/c1-15-10-6-4-7-11(16-2)9(10)5-3-8-12(13)14/h4,6-7H,8H2,1-2H3,(H,13,14). The van der Waals surface area contributed by atoms with Crippen LogP contribution in [0.5, 0.6) is 11.5 Å². The molecule has 0 atom stereocenters. The van der Waals surface area contributed by atoms with E-state index in [9.17, 15) is 4.79 Å². The maximum absolute atomic E-state index is 10.3. The van der Waals surface area contributed by atoms with Gasteiger partial charge in [0.25, 0.3) is 0 Å². The monoisotopic (exact) mass is 220 g/mol. The first kappa shape index (κ1) is 11.9. The minimum Gasteiger partial charge on any atom is -0.495 e. The molecule has 1 N–H and O–H groups in total. The van der Waals surface area contributed by atoms with Crippen LogP contribution in [-0.4, -0.2) is 25.3 Å². The normalized spacial score (nSPS) is 8.88. The van der Waals surface area contributed by atoms with Gasteiger partial charge in [0.2, 0.25) is 0 Å². The first-order chi connectivity index (χ1) is 7.69. The van der Waals surface area contributed by atoms with Crippen molar-refractivity contribution in [2.75, 3.05) is 14.2 Å². The van der Waals surface area contributed by atoms with Crippen LogP contribution in [0.15, 0.2) is 18.2 Å². The Morgan fingerprint density at radius 2 is 1.88 bits per heavy atom. The van der Waals surface area contributed by atoms with Gasteiger partial charge in [-0.3, -0.25) is 4.79 Å². The second-order valence-electron chi connectivity index (χ2n) is 2.91. The molecule has 0 aliphatic rings. The lowest BCUT2D eigenvalue weighted by Crippen LogP contribution is -1.94. The summed E-state index contributed by atoms with van der Waals surface area (Å²) < 4.78 is 10.2. The number of hydrogen-bond acceptors (Lipinski definition) is 3. The Morgan fingerprint density at radius 3 is 2.31 bits per heavy atom. The van der Waals surface area contributed by atoms with Crippen molar-refractivity contribution in [2.45, 2.75) is 6.42 Å². The van der Waals surface area contributed by atoms with Gasteiger partial charge >= 0.3 is 5.97 Å². The van der Waals surface area contributed by atoms with Gasteiger partial charge in [-0.25, -0.2) is 0 Å². The second kappa shape index (κ2) is 5.66. The minimum atomic E-state index is -0.957. The van der Waals surface area contributed by atoms with Crippen LogP contribution < -0.4 is 9.47 Å². The zero-order chi connectivity index (χ0) is 12.0. The number of aliphatic carboxylic acids is 1. The van der Waals surface area contributed by atoms with Crippen molar-refractivity contribution >= 4 is 5.97 Å². The minimum absolute atomic E-state index is 0.207. The van der Waals surface area contributed by atoms with Gasteiger partial charge in [-0.1, -0.05) is 17.9 Å². The highest BCUT2D eigenvalue weighted by atomic mass is 16.5. The highest BCUT2D eigenvalue weighted by molar-refractivity contribution is 5.70. The van der Waals surface area contributed by atoms with Gasteiger partial charge in [0.15, 0.2) is 0 Å². The van der Waals surface area contributed by atoms with Crippen LogP contribution in [0.4, 0.5) is 0 Å². The number of benzene rings is 1. The Balaban J connectivity index is 3.07. The molecule has 0 fully saturated rings. The van der Waals surface area contributed by atoms with Crippen LogP contribution in [-0.2, 0) is 4.79 Å². The number of ether oxygens (including phenoxy) is 2. The molecule has 0 aromatic heterocycles. The van der Waals surface area contributed by atoms with Gasteiger partial charge in [-0.2, -0.15) is 0 Å². The SMILES string of the molecule is COc1cccc(OC)c1C#CCC(=O)O. The zero-order valence-corrected chi connectivity index (χ0v) is 9.11. The summed E-state index contributed by atoms with van der Waals surface area (Å²) in [6, 6.07) is 5.26. The molecule has 0 amide bonds. The Hall–Kier alpha value is -2.15. The van der Waals surface area contributed by atoms with Gasteiger partial charge in [-0.05, 0) is 12.1 Å². The van der Waals surface area contributed by atoms with E-state index >= 15 is 0 Å². The third-order valence-electron chi connectivity index (χ3n) is 1.88. The summed E-state index contributed by atoms with van der Waals surface area (Å²) in [5.74, 6) is 5.45. The zero-order valence-electron chi connectivity index (χ0n) is 9.11. The Bertz CT molecular complexity index is 418. The van der Waals surface area contributed by atoms with E-state index in [2.05, 4.69) is 11.8 Å². The van der Waals surface area contributed by atoms with Crippen molar-refractivity contribution in [3.63, 3.8) is 0 Å². The molecule has 1 rings (SSSR count). The molecule has 0 spiro atoms. The highest BCUT2D eigenvalue weighted by Gasteiger charge is 2.06. The molecule has 0 heterocycles. The largest absolute Gasteiger partial charge is 0.495 e. The molecule has 0 bridgehead atoms. The van der Waals surface area contributed by atoms with Crippen LogP contribution in [0.25, 0.3) is 0 Å². The molecule has 16 heavy (non-hydrogen) atoms. The lowest BCUT2D eigenvalue weighted by Gasteiger charge is -2.07. The maximum atomic E-state index is 10.3. The maximum Gasteiger partial charge on any atom is 0.315 e. The van der Waals surface area contributed by atoms with Crippen molar-refractivity contribution in [3.8, 4) is 23.3 Å². The first-order valence-electron chi connectivity index (χ1n) is 4.60. The Labute approximate surface area is 93.8 Å². The van der Waals surface area contributed by atoms with Crippen molar-refractivity contribution in [1.29, 1.82) is 0 Å². The number of hydrogen-bond donors (Lipinski definition) is 1. The molecule has 84 valence electrons. The number of carbonyl (C=O) groups is 1. The number of carboxylic acids is 1. The van der Waals surface area contributed by atoms with Gasteiger partial charge in [0.1, 0.15) is 23.5 Å². The molecular formula is C12H12O4. The Morgan fingerprint density at radius 1 is 1.31 bits per heavy atom. The molecule has 4 heteroatoms. The summed E-state index contributed by atoms with van der Waals surface area (Å²) in [7, 11) is 3.05. The van der Waals surface area contributed by atoms with Gasteiger partial charge in [-0.15, -0.1) is 0 Å². The molecule has 0 unspecified atom stereocenters. The van der Waals surface area contributed by atoms with Gasteiger partial charge in [0, 0.05) is 0 Å². The third-order valence-corrected chi connectivity index (χ3v) is 1.88. The molecule has 0 radical (unpaired) electrons. The van der Waals surface area contributed by atoms with Gasteiger partial charge < -0.3 is 14.6 Å². The second-order valence-corrected chi connectivity index (χ2v) is 2.91. The fourth-order valence-corrected chi connectivity index (χ4v) is 1.18. The van der Waals surface area contributed by atoms with Crippen molar-refractivity contribution in [2.24, 2.45) is 0 Å². The average molecular weight is 220 g/mol. The third kappa shape index (κ3) is 2.92. The lowest BCUT2D eigenvalue weighted by molar-refractivity contribution is -0.135. The van der Waals surface area contributed by atoms with Crippen molar-refractivity contribution < 1.29 is 19.4 Å². The topological polar surface area (TPSA) is 55.8 Å². The van der Waals surface area contributed by atoms with E-state index in [0.717, 1.165) is 0 Å². The van der Waals surface area contributed by atoms with E-state index in [-0.39, 0.29) is 6.42 Å². The molecule has 0 aliphatic carbocycles. The summed E-state index contributed by atoms with van der Waals surface area (Å²) in [4.78, 5) is 10.3. The predicted molar refractivity (Wildman–Crippen MR) is 58.7 cm³/mol. The van der Waals surface area contributed by atoms with Gasteiger partial charge in [0.05, 0.1) is 14.2 Å². The van der Waals surface area contributed by atoms with Crippen LogP contribution in [0.1, 0.15) is 12.0 Å². The van der Waals surface area contributed by atoms with Crippen molar-refractivity contribution in [1.82, 2.24) is 0 Å². The Kier molecular flexibility index (Phi) is 4.22. The highest BCUT2D eigenvalue weighted by Crippen LogP contribution is 2.26. The summed E-state index contributed by atoms with van der Waals surface area (Å²) in [6.07, 6.45) is -0.207. The average Bonchev–Trinajstić information content (AvgIpc) is 2.28. The number of methoxy groups -OCH3 is 2.